The standard InChI is InChI=1S/C14H21F3N2/c1-10(2)6-7-19(3)13-5-4-11(9-18)8-12(13)14(15,16)17/h4-5,8,10H,6-7,9,18H2,1-3H3. The molecule has 0 saturated carbocycles. The molecule has 0 saturated heterocycles. The van der Waals surface area contributed by atoms with E-state index in [0.717, 1.165) is 12.5 Å². The van der Waals surface area contributed by atoms with Gasteiger partial charge in [0.25, 0.3) is 0 Å². The van der Waals surface area contributed by atoms with E-state index in [2.05, 4.69) is 13.8 Å². The van der Waals surface area contributed by atoms with Gasteiger partial charge in [-0.2, -0.15) is 13.2 Å². The first kappa shape index (κ1) is 15.8. The molecule has 108 valence electrons. The van der Waals surface area contributed by atoms with Gasteiger partial charge in [-0.15, -0.1) is 0 Å². The lowest BCUT2D eigenvalue weighted by atomic mass is 10.1. The summed E-state index contributed by atoms with van der Waals surface area (Å²) in [6, 6.07) is 4.29. The summed E-state index contributed by atoms with van der Waals surface area (Å²) in [4.78, 5) is 1.66. The first-order chi connectivity index (χ1) is 8.75. The van der Waals surface area contributed by atoms with Crippen molar-refractivity contribution < 1.29 is 13.2 Å². The Labute approximate surface area is 112 Å². The number of rotatable bonds is 5. The second-order valence-electron chi connectivity index (χ2n) is 5.16. The van der Waals surface area contributed by atoms with E-state index in [0.29, 0.717) is 18.0 Å². The van der Waals surface area contributed by atoms with Gasteiger partial charge in [0.05, 0.1) is 5.56 Å². The zero-order chi connectivity index (χ0) is 14.6. The van der Waals surface area contributed by atoms with Crippen LogP contribution in [0.5, 0.6) is 0 Å². The van der Waals surface area contributed by atoms with Crippen molar-refractivity contribution in [2.75, 3.05) is 18.5 Å². The molecule has 0 heterocycles. The van der Waals surface area contributed by atoms with Gasteiger partial charge in [0, 0.05) is 25.8 Å². The van der Waals surface area contributed by atoms with Gasteiger partial charge in [-0.25, -0.2) is 0 Å². The van der Waals surface area contributed by atoms with E-state index >= 15 is 0 Å². The van der Waals surface area contributed by atoms with E-state index < -0.39 is 11.7 Å². The largest absolute Gasteiger partial charge is 0.418 e. The predicted molar refractivity (Wildman–Crippen MR) is 72.1 cm³/mol. The van der Waals surface area contributed by atoms with Crippen LogP contribution >= 0.6 is 0 Å². The molecule has 1 rings (SSSR count). The second-order valence-corrected chi connectivity index (χ2v) is 5.16. The minimum atomic E-state index is -4.35. The maximum absolute atomic E-state index is 13.1. The van der Waals surface area contributed by atoms with Crippen LogP contribution in [-0.2, 0) is 12.7 Å². The average Bonchev–Trinajstić information content (AvgIpc) is 2.34. The SMILES string of the molecule is CC(C)CCN(C)c1ccc(CN)cc1C(F)(F)F. The Morgan fingerprint density at radius 2 is 1.89 bits per heavy atom. The Morgan fingerprint density at radius 1 is 1.26 bits per heavy atom. The number of halogens is 3. The minimum absolute atomic E-state index is 0.110. The summed E-state index contributed by atoms with van der Waals surface area (Å²) in [7, 11) is 1.69. The fourth-order valence-corrected chi connectivity index (χ4v) is 1.84. The summed E-state index contributed by atoms with van der Waals surface area (Å²) in [5, 5.41) is 0. The molecule has 0 amide bonds. The Kier molecular flexibility index (Phi) is 5.23. The highest BCUT2D eigenvalue weighted by Crippen LogP contribution is 2.37. The van der Waals surface area contributed by atoms with Gasteiger partial charge in [-0.05, 0) is 30.0 Å². The van der Waals surface area contributed by atoms with Crippen LogP contribution < -0.4 is 10.6 Å². The fourth-order valence-electron chi connectivity index (χ4n) is 1.84. The highest BCUT2D eigenvalue weighted by atomic mass is 19.4. The van der Waals surface area contributed by atoms with E-state index in [4.69, 9.17) is 5.73 Å². The highest BCUT2D eigenvalue weighted by molar-refractivity contribution is 5.56. The summed E-state index contributed by atoms with van der Waals surface area (Å²) >= 11 is 0. The molecule has 1 aromatic rings. The first-order valence-corrected chi connectivity index (χ1v) is 6.37. The van der Waals surface area contributed by atoms with E-state index in [1.165, 1.54) is 6.07 Å². The van der Waals surface area contributed by atoms with Crippen molar-refractivity contribution in [1.82, 2.24) is 0 Å². The van der Waals surface area contributed by atoms with E-state index in [1.54, 1.807) is 18.0 Å². The molecular formula is C14H21F3N2. The van der Waals surface area contributed by atoms with Crippen LogP contribution in [0, 0.1) is 5.92 Å². The van der Waals surface area contributed by atoms with Crippen molar-refractivity contribution in [2.24, 2.45) is 11.7 Å². The molecule has 2 N–H and O–H groups in total. The third-order valence-electron chi connectivity index (χ3n) is 3.06. The van der Waals surface area contributed by atoms with Crippen LogP contribution in [0.3, 0.4) is 0 Å². The maximum Gasteiger partial charge on any atom is 0.418 e. The molecule has 19 heavy (non-hydrogen) atoms. The summed E-state index contributed by atoms with van der Waals surface area (Å²) in [6.07, 6.45) is -3.50. The Hall–Kier alpha value is -1.23. The molecule has 0 aliphatic carbocycles. The molecule has 0 atom stereocenters. The van der Waals surface area contributed by atoms with E-state index in [9.17, 15) is 13.2 Å². The molecule has 5 heteroatoms. The molecule has 1 aromatic carbocycles. The van der Waals surface area contributed by atoms with Crippen LogP contribution in [0.15, 0.2) is 18.2 Å². The molecule has 0 aliphatic heterocycles. The molecule has 0 aliphatic rings. The number of benzene rings is 1. The van der Waals surface area contributed by atoms with Crippen LogP contribution in [0.1, 0.15) is 31.4 Å². The highest BCUT2D eigenvalue weighted by Gasteiger charge is 2.34. The van der Waals surface area contributed by atoms with Crippen LogP contribution in [0.25, 0.3) is 0 Å². The zero-order valence-corrected chi connectivity index (χ0v) is 11.6. The second kappa shape index (κ2) is 6.28. The third-order valence-corrected chi connectivity index (χ3v) is 3.06. The van der Waals surface area contributed by atoms with Crippen LogP contribution in [0.2, 0.25) is 0 Å². The topological polar surface area (TPSA) is 29.3 Å². The number of hydrogen-bond acceptors (Lipinski definition) is 2. The van der Waals surface area contributed by atoms with Gasteiger partial charge in [-0.3, -0.25) is 0 Å². The Bertz CT molecular complexity index is 414. The average molecular weight is 274 g/mol. The van der Waals surface area contributed by atoms with Gasteiger partial charge in [0.1, 0.15) is 0 Å². The van der Waals surface area contributed by atoms with Gasteiger partial charge in [0.15, 0.2) is 0 Å². The van der Waals surface area contributed by atoms with Crippen molar-refractivity contribution in [3.8, 4) is 0 Å². The number of alkyl halides is 3. The number of nitrogens with zero attached hydrogens (tertiary/aromatic N) is 1. The summed E-state index contributed by atoms with van der Waals surface area (Å²) in [6.45, 7) is 4.81. The molecule has 0 bridgehead atoms. The quantitative estimate of drug-likeness (QED) is 0.888. The normalized spacial score (nSPS) is 12.0. The summed E-state index contributed by atoms with van der Waals surface area (Å²) in [5.74, 6) is 0.458. The van der Waals surface area contributed by atoms with Crippen molar-refractivity contribution in [3.63, 3.8) is 0 Å². The molecule has 0 fully saturated rings. The number of nitrogens with two attached hydrogens (primary N) is 1. The predicted octanol–water partition coefficient (Wildman–Crippen LogP) is 3.65. The maximum atomic E-state index is 13.1. The smallest absolute Gasteiger partial charge is 0.374 e. The van der Waals surface area contributed by atoms with Crippen molar-refractivity contribution in [3.05, 3.63) is 29.3 Å². The van der Waals surface area contributed by atoms with Crippen molar-refractivity contribution in [1.29, 1.82) is 0 Å². The van der Waals surface area contributed by atoms with Gasteiger partial charge < -0.3 is 10.6 Å². The lowest BCUT2D eigenvalue weighted by Crippen LogP contribution is -2.23. The molecule has 2 nitrogen and oxygen atoms in total. The molecule has 0 unspecified atom stereocenters. The Balaban J connectivity index is 3.05. The number of anilines is 1. The van der Waals surface area contributed by atoms with E-state index in [1.807, 2.05) is 0 Å². The van der Waals surface area contributed by atoms with Gasteiger partial charge in [0.2, 0.25) is 0 Å². The summed E-state index contributed by atoms with van der Waals surface area (Å²) in [5.41, 5.74) is 5.50. The molecule has 0 radical (unpaired) electrons. The molecule has 0 spiro atoms. The lowest BCUT2D eigenvalue weighted by Gasteiger charge is -2.24. The van der Waals surface area contributed by atoms with Crippen molar-refractivity contribution >= 4 is 5.69 Å². The van der Waals surface area contributed by atoms with Gasteiger partial charge in [-0.1, -0.05) is 19.9 Å². The zero-order valence-electron chi connectivity index (χ0n) is 11.6. The summed E-state index contributed by atoms with van der Waals surface area (Å²) < 4.78 is 39.2. The fraction of sp³-hybridized carbons (Fsp3) is 0.571. The van der Waals surface area contributed by atoms with Crippen molar-refractivity contribution in [2.45, 2.75) is 33.0 Å². The number of hydrogen-bond donors (Lipinski definition) is 1. The van der Waals surface area contributed by atoms with E-state index in [-0.39, 0.29) is 12.2 Å². The molecule has 0 aromatic heterocycles. The van der Waals surface area contributed by atoms with Gasteiger partial charge >= 0.3 is 6.18 Å². The first-order valence-electron chi connectivity index (χ1n) is 6.37. The monoisotopic (exact) mass is 274 g/mol. The minimum Gasteiger partial charge on any atom is -0.374 e. The van der Waals surface area contributed by atoms with Crippen LogP contribution in [0.4, 0.5) is 18.9 Å². The lowest BCUT2D eigenvalue weighted by molar-refractivity contribution is -0.137. The third kappa shape index (κ3) is 4.42. The Morgan fingerprint density at radius 3 is 2.37 bits per heavy atom. The molecular weight excluding hydrogens is 253 g/mol. The van der Waals surface area contributed by atoms with Crippen LogP contribution in [-0.4, -0.2) is 13.6 Å².